The van der Waals surface area contributed by atoms with E-state index in [1.807, 2.05) is 67.6 Å². The van der Waals surface area contributed by atoms with E-state index >= 15 is 0 Å². The molecule has 1 aromatic heterocycles. The molecule has 0 bridgehead atoms. The second-order valence-corrected chi connectivity index (χ2v) is 7.17. The number of rotatable bonds is 4. The Kier molecular flexibility index (Phi) is 5.33. The molecule has 1 saturated heterocycles. The maximum Gasteiger partial charge on any atom is 0.255 e. The fraction of sp³-hybridized carbons (Fsp3) is 0.261. The van der Waals surface area contributed by atoms with Gasteiger partial charge in [-0.25, -0.2) is 0 Å². The minimum atomic E-state index is -0.109. The molecule has 28 heavy (non-hydrogen) atoms. The molecule has 0 saturated carbocycles. The largest absolute Gasteiger partial charge is 0.355 e. The molecule has 1 aliphatic heterocycles. The summed E-state index contributed by atoms with van der Waals surface area (Å²) < 4.78 is 0. The summed E-state index contributed by atoms with van der Waals surface area (Å²) in [6.45, 7) is 4.04. The minimum Gasteiger partial charge on any atom is -0.355 e. The zero-order valence-corrected chi connectivity index (χ0v) is 16.1. The molecule has 1 fully saturated rings. The van der Waals surface area contributed by atoms with Gasteiger partial charge in [0.1, 0.15) is 0 Å². The van der Waals surface area contributed by atoms with E-state index in [-0.39, 0.29) is 5.91 Å². The van der Waals surface area contributed by atoms with Crippen molar-refractivity contribution in [3.05, 3.63) is 71.8 Å². The van der Waals surface area contributed by atoms with Gasteiger partial charge in [0.15, 0.2) is 5.82 Å². The topological polar surface area (TPSA) is 58.1 Å². The number of aryl methyl sites for hydroxylation is 1. The van der Waals surface area contributed by atoms with Crippen molar-refractivity contribution in [2.24, 2.45) is 0 Å². The SMILES string of the molecule is Cc1ccccc1C(=O)Nc1cccc(-c2ccc(N3CCCCC3)nn2)c1. The maximum absolute atomic E-state index is 12.6. The standard InChI is InChI=1S/C23H24N4O/c1-17-8-3-4-11-20(17)23(28)24-19-10-7-9-18(16-19)21-12-13-22(26-25-21)27-14-5-2-6-15-27/h3-4,7-13,16H,2,5-6,14-15H2,1H3,(H,24,28). The Hall–Kier alpha value is -3.21. The first-order valence-electron chi connectivity index (χ1n) is 9.77. The van der Waals surface area contributed by atoms with Gasteiger partial charge in [-0.15, -0.1) is 10.2 Å². The minimum absolute atomic E-state index is 0.109. The average Bonchev–Trinajstić information content (AvgIpc) is 2.75. The number of nitrogens with one attached hydrogen (secondary N) is 1. The van der Waals surface area contributed by atoms with Crippen LogP contribution in [0, 0.1) is 6.92 Å². The van der Waals surface area contributed by atoms with Gasteiger partial charge in [-0.1, -0.05) is 30.3 Å². The summed E-state index contributed by atoms with van der Waals surface area (Å²) in [5.41, 5.74) is 4.11. The molecule has 2 aromatic carbocycles. The van der Waals surface area contributed by atoms with Crippen LogP contribution in [0.15, 0.2) is 60.7 Å². The molecule has 5 heteroatoms. The molecule has 4 rings (SSSR count). The Bertz CT molecular complexity index is 962. The third kappa shape index (κ3) is 4.03. The Labute approximate surface area is 165 Å². The van der Waals surface area contributed by atoms with E-state index in [0.717, 1.165) is 41.4 Å². The summed E-state index contributed by atoms with van der Waals surface area (Å²) in [6.07, 6.45) is 3.72. The van der Waals surface area contributed by atoms with E-state index in [2.05, 4.69) is 20.4 Å². The van der Waals surface area contributed by atoms with Crippen LogP contribution in [0.5, 0.6) is 0 Å². The number of aromatic nitrogens is 2. The van der Waals surface area contributed by atoms with Crippen LogP contribution >= 0.6 is 0 Å². The monoisotopic (exact) mass is 372 g/mol. The summed E-state index contributed by atoms with van der Waals surface area (Å²) in [6, 6.07) is 19.3. The number of carbonyl (C=O) groups excluding carboxylic acids is 1. The maximum atomic E-state index is 12.6. The van der Waals surface area contributed by atoms with Crippen LogP contribution in [-0.2, 0) is 0 Å². The Morgan fingerprint density at radius 2 is 1.75 bits per heavy atom. The van der Waals surface area contributed by atoms with Gasteiger partial charge >= 0.3 is 0 Å². The van der Waals surface area contributed by atoms with E-state index < -0.39 is 0 Å². The van der Waals surface area contributed by atoms with Crippen molar-refractivity contribution in [2.45, 2.75) is 26.2 Å². The van der Waals surface area contributed by atoms with E-state index in [1.165, 1.54) is 19.3 Å². The number of benzene rings is 2. The summed E-state index contributed by atoms with van der Waals surface area (Å²) in [5, 5.41) is 11.8. The lowest BCUT2D eigenvalue weighted by molar-refractivity contribution is 0.102. The molecule has 1 aliphatic rings. The van der Waals surface area contributed by atoms with Crippen molar-refractivity contribution < 1.29 is 4.79 Å². The molecule has 2 heterocycles. The van der Waals surface area contributed by atoms with Gasteiger partial charge in [-0.2, -0.15) is 0 Å². The van der Waals surface area contributed by atoms with E-state index in [4.69, 9.17) is 0 Å². The number of anilines is 2. The van der Waals surface area contributed by atoms with E-state index in [9.17, 15) is 4.79 Å². The zero-order valence-electron chi connectivity index (χ0n) is 16.1. The Morgan fingerprint density at radius 1 is 0.929 bits per heavy atom. The van der Waals surface area contributed by atoms with E-state index in [1.54, 1.807) is 0 Å². The molecule has 1 N–H and O–H groups in total. The first-order valence-corrected chi connectivity index (χ1v) is 9.77. The van der Waals surface area contributed by atoms with Crippen LogP contribution in [0.25, 0.3) is 11.3 Å². The van der Waals surface area contributed by atoms with E-state index in [0.29, 0.717) is 5.56 Å². The molecule has 0 aliphatic carbocycles. The number of carbonyl (C=O) groups is 1. The van der Waals surface area contributed by atoms with Crippen molar-refractivity contribution in [2.75, 3.05) is 23.3 Å². The molecule has 0 radical (unpaired) electrons. The van der Waals surface area contributed by atoms with Crippen molar-refractivity contribution in [3.63, 3.8) is 0 Å². The highest BCUT2D eigenvalue weighted by molar-refractivity contribution is 6.05. The second-order valence-electron chi connectivity index (χ2n) is 7.17. The quantitative estimate of drug-likeness (QED) is 0.721. The predicted octanol–water partition coefficient (Wildman–Crippen LogP) is 4.69. The van der Waals surface area contributed by atoms with Crippen molar-refractivity contribution in [1.82, 2.24) is 10.2 Å². The third-order valence-electron chi connectivity index (χ3n) is 5.14. The highest BCUT2D eigenvalue weighted by Gasteiger charge is 2.13. The predicted molar refractivity (Wildman–Crippen MR) is 113 cm³/mol. The first kappa shape index (κ1) is 18.2. The Balaban J connectivity index is 1.50. The molecular weight excluding hydrogens is 348 g/mol. The van der Waals surface area contributed by atoms with Crippen LogP contribution in [0.2, 0.25) is 0 Å². The first-order chi connectivity index (χ1) is 13.7. The Morgan fingerprint density at radius 3 is 2.50 bits per heavy atom. The number of amides is 1. The van der Waals surface area contributed by atoms with Gasteiger partial charge in [0, 0.05) is 29.9 Å². The van der Waals surface area contributed by atoms with Crippen molar-refractivity contribution >= 4 is 17.4 Å². The van der Waals surface area contributed by atoms with Gasteiger partial charge in [-0.05, 0) is 62.1 Å². The third-order valence-corrected chi connectivity index (χ3v) is 5.14. The highest BCUT2D eigenvalue weighted by Crippen LogP contribution is 2.23. The van der Waals surface area contributed by atoms with Gasteiger partial charge in [0.25, 0.3) is 5.91 Å². The van der Waals surface area contributed by atoms with Crippen LogP contribution in [0.4, 0.5) is 11.5 Å². The summed E-state index contributed by atoms with van der Waals surface area (Å²) in [4.78, 5) is 14.8. The van der Waals surface area contributed by atoms with Crippen LogP contribution in [-0.4, -0.2) is 29.2 Å². The molecule has 1 amide bonds. The fourth-order valence-electron chi connectivity index (χ4n) is 3.55. The molecule has 3 aromatic rings. The second kappa shape index (κ2) is 8.21. The lowest BCUT2D eigenvalue weighted by atomic mass is 10.1. The zero-order chi connectivity index (χ0) is 19.3. The van der Waals surface area contributed by atoms with Crippen LogP contribution < -0.4 is 10.2 Å². The lowest BCUT2D eigenvalue weighted by Gasteiger charge is -2.27. The molecule has 5 nitrogen and oxygen atoms in total. The van der Waals surface area contributed by atoms with Gasteiger partial charge < -0.3 is 10.2 Å². The molecular formula is C23H24N4O. The normalized spacial score (nSPS) is 14.0. The van der Waals surface area contributed by atoms with Crippen molar-refractivity contribution in [3.8, 4) is 11.3 Å². The number of hydrogen-bond donors (Lipinski definition) is 1. The average molecular weight is 372 g/mol. The number of hydrogen-bond acceptors (Lipinski definition) is 4. The summed E-state index contributed by atoms with van der Waals surface area (Å²) in [7, 11) is 0. The lowest BCUT2D eigenvalue weighted by Crippen LogP contribution is -2.30. The van der Waals surface area contributed by atoms with Gasteiger partial charge in [-0.3, -0.25) is 4.79 Å². The fourth-order valence-corrected chi connectivity index (χ4v) is 3.55. The molecule has 142 valence electrons. The van der Waals surface area contributed by atoms with Crippen LogP contribution in [0.3, 0.4) is 0 Å². The van der Waals surface area contributed by atoms with Crippen molar-refractivity contribution in [1.29, 1.82) is 0 Å². The van der Waals surface area contributed by atoms with Gasteiger partial charge in [0.05, 0.1) is 5.69 Å². The summed E-state index contributed by atoms with van der Waals surface area (Å²) in [5.74, 6) is 0.828. The molecule has 0 unspecified atom stereocenters. The number of piperidine rings is 1. The molecule has 0 atom stereocenters. The number of nitrogens with zero attached hydrogens (tertiary/aromatic N) is 3. The molecule has 0 spiro atoms. The van der Waals surface area contributed by atoms with Crippen LogP contribution in [0.1, 0.15) is 35.2 Å². The van der Waals surface area contributed by atoms with Gasteiger partial charge in [0.2, 0.25) is 0 Å². The summed E-state index contributed by atoms with van der Waals surface area (Å²) >= 11 is 0. The highest BCUT2D eigenvalue weighted by atomic mass is 16.1. The smallest absolute Gasteiger partial charge is 0.255 e.